The van der Waals surface area contributed by atoms with E-state index >= 15 is 0 Å². The molecule has 18 heavy (non-hydrogen) atoms. The van der Waals surface area contributed by atoms with Crippen LogP contribution in [0.15, 0.2) is 6.07 Å². The molecule has 1 aromatic rings. The van der Waals surface area contributed by atoms with Crippen molar-refractivity contribution in [3.63, 3.8) is 0 Å². The lowest BCUT2D eigenvalue weighted by Gasteiger charge is -2.28. The highest BCUT2D eigenvalue weighted by molar-refractivity contribution is 6.28. The summed E-state index contributed by atoms with van der Waals surface area (Å²) in [6.45, 7) is 6.29. The van der Waals surface area contributed by atoms with Crippen LogP contribution < -0.4 is 4.90 Å². The van der Waals surface area contributed by atoms with Crippen molar-refractivity contribution >= 4 is 17.4 Å². The van der Waals surface area contributed by atoms with Gasteiger partial charge in [0.15, 0.2) is 5.69 Å². The molecule has 0 amide bonds. The zero-order valence-electron chi connectivity index (χ0n) is 10.4. The maximum absolute atomic E-state index is 12.6. The fraction of sp³-hybridized carbons (Fsp3) is 0.636. The van der Waals surface area contributed by atoms with Crippen LogP contribution in [0.2, 0.25) is 5.28 Å². The molecule has 1 heterocycles. The Labute approximate surface area is 109 Å². The number of alkyl halides is 3. The Balaban J connectivity index is 3.20. The molecule has 0 aliphatic heterocycles. The van der Waals surface area contributed by atoms with Gasteiger partial charge in [-0.3, -0.25) is 0 Å². The first-order valence-corrected chi connectivity index (χ1v) is 6.05. The van der Waals surface area contributed by atoms with Gasteiger partial charge in [0.2, 0.25) is 5.28 Å². The van der Waals surface area contributed by atoms with Crippen LogP contribution >= 0.6 is 11.6 Å². The molecule has 1 rings (SSSR count). The van der Waals surface area contributed by atoms with Crippen LogP contribution in [0.4, 0.5) is 19.0 Å². The number of halogens is 4. The van der Waals surface area contributed by atoms with Gasteiger partial charge >= 0.3 is 6.18 Å². The second-order valence-electron chi connectivity index (χ2n) is 3.92. The van der Waals surface area contributed by atoms with Crippen molar-refractivity contribution in [2.24, 2.45) is 0 Å². The highest BCUT2D eigenvalue weighted by Gasteiger charge is 2.34. The molecular formula is C11H15ClF3N3. The quantitative estimate of drug-likeness (QED) is 0.787. The molecule has 0 spiro atoms. The molecule has 0 saturated heterocycles. The molecule has 1 aromatic heterocycles. The van der Waals surface area contributed by atoms with E-state index < -0.39 is 11.9 Å². The number of rotatable bonds is 4. The van der Waals surface area contributed by atoms with Crippen LogP contribution in [0.1, 0.15) is 32.9 Å². The van der Waals surface area contributed by atoms with Gasteiger partial charge in [-0.1, -0.05) is 6.92 Å². The first-order chi connectivity index (χ1) is 8.29. The molecule has 0 saturated carbocycles. The van der Waals surface area contributed by atoms with E-state index in [9.17, 15) is 13.2 Å². The SMILES string of the molecule is CCC(C)N(CC)c1cc(C(F)(F)F)nc(Cl)n1. The Hall–Kier alpha value is -1.04. The summed E-state index contributed by atoms with van der Waals surface area (Å²) in [6.07, 6.45) is -3.72. The lowest BCUT2D eigenvalue weighted by Crippen LogP contribution is -2.33. The summed E-state index contributed by atoms with van der Waals surface area (Å²) in [7, 11) is 0. The molecule has 0 aromatic carbocycles. The van der Waals surface area contributed by atoms with Crippen molar-refractivity contribution in [2.75, 3.05) is 11.4 Å². The van der Waals surface area contributed by atoms with Crippen LogP contribution in [0, 0.1) is 0 Å². The van der Waals surface area contributed by atoms with Crippen molar-refractivity contribution in [1.82, 2.24) is 9.97 Å². The molecule has 0 fully saturated rings. The largest absolute Gasteiger partial charge is 0.433 e. The highest BCUT2D eigenvalue weighted by Crippen LogP contribution is 2.31. The minimum absolute atomic E-state index is 0.0852. The molecule has 1 atom stereocenters. The average molecular weight is 282 g/mol. The minimum atomic E-state index is -4.52. The molecular weight excluding hydrogens is 267 g/mol. The van der Waals surface area contributed by atoms with Crippen LogP contribution in [0.5, 0.6) is 0 Å². The van der Waals surface area contributed by atoms with Gasteiger partial charge in [0.25, 0.3) is 0 Å². The van der Waals surface area contributed by atoms with E-state index in [-0.39, 0.29) is 17.1 Å². The zero-order valence-corrected chi connectivity index (χ0v) is 11.2. The van der Waals surface area contributed by atoms with E-state index in [1.807, 2.05) is 20.8 Å². The van der Waals surface area contributed by atoms with Gasteiger partial charge in [0.05, 0.1) is 0 Å². The maximum atomic E-state index is 12.6. The summed E-state index contributed by atoms with van der Waals surface area (Å²) in [5, 5.41) is -0.387. The maximum Gasteiger partial charge on any atom is 0.433 e. The van der Waals surface area contributed by atoms with Gasteiger partial charge < -0.3 is 4.90 Å². The second kappa shape index (κ2) is 5.73. The Bertz CT molecular complexity index is 409. The molecule has 0 aliphatic rings. The number of aromatic nitrogens is 2. The summed E-state index contributed by atoms with van der Waals surface area (Å²) < 4.78 is 37.9. The van der Waals surface area contributed by atoms with Crippen molar-refractivity contribution in [1.29, 1.82) is 0 Å². The molecule has 0 aliphatic carbocycles. The second-order valence-corrected chi connectivity index (χ2v) is 4.26. The monoisotopic (exact) mass is 281 g/mol. The number of hydrogen-bond acceptors (Lipinski definition) is 3. The van der Waals surface area contributed by atoms with Crippen molar-refractivity contribution in [3.05, 3.63) is 17.0 Å². The molecule has 0 bridgehead atoms. The Kier molecular flexibility index (Phi) is 4.78. The lowest BCUT2D eigenvalue weighted by molar-refractivity contribution is -0.141. The van der Waals surface area contributed by atoms with Gasteiger partial charge in [0.1, 0.15) is 5.82 Å². The molecule has 3 nitrogen and oxygen atoms in total. The normalized spacial score (nSPS) is 13.5. The van der Waals surface area contributed by atoms with E-state index in [0.29, 0.717) is 6.54 Å². The zero-order chi connectivity index (χ0) is 13.9. The van der Waals surface area contributed by atoms with Gasteiger partial charge in [0, 0.05) is 18.7 Å². The van der Waals surface area contributed by atoms with Gasteiger partial charge in [-0.05, 0) is 31.9 Å². The van der Waals surface area contributed by atoms with E-state index in [1.54, 1.807) is 4.90 Å². The Morgan fingerprint density at radius 1 is 1.33 bits per heavy atom. The summed E-state index contributed by atoms with van der Waals surface area (Å²) in [6, 6.07) is 1.02. The Morgan fingerprint density at radius 2 is 1.94 bits per heavy atom. The third-order valence-corrected chi connectivity index (χ3v) is 2.90. The van der Waals surface area contributed by atoms with E-state index in [2.05, 4.69) is 9.97 Å². The van der Waals surface area contributed by atoms with E-state index in [0.717, 1.165) is 12.5 Å². The van der Waals surface area contributed by atoms with Gasteiger partial charge in [-0.15, -0.1) is 0 Å². The highest BCUT2D eigenvalue weighted by atomic mass is 35.5. The third-order valence-electron chi connectivity index (χ3n) is 2.73. The van der Waals surface area contributed by atoms with Crippen LogP contribution in [0.25, 0.3) is 0 Å². The predicted octanol–water partition coefficient (Wildman–Crippen LogP) is 3.77. The average Bonchev–Trinajstić information content (AvgIpc) is 2.27. The van der Waals surface area contributed by atoms with Crippen molar-refractivity contribution in [2.45, 2.75) is 39.4 Å². The standard InChI is InChI=1S/C11H15ClF3N3/c1-4-7(3)18(5-2)9-6-8(11(13,14)15)16-10(12)17-9/h6-7H,4-5H2,1-3H3. The summed E-state index contributed by atoms with van der Waals surface area (Å²) >= 11 is 5.56. The number of hydrogen-bond donors (Lipinski definition) is 0. The van der Waals surface area contributed by atoms with E-state index in [1.165, 1.54) is 0 Å². The van der Waals surface area contributed by atoms with Crippen molar-refractivity contribution < 1.29 is 13.2 Å². The number of anilines is 1. The molecule has 102 valence electrons. The molecule has 1 unspecified atom stereocenters. The van der Waals surface area contributed by atoms with Crippen LogP contribution in [0.3, 0.4) is 0 Å². The third kappa shape index (κ3) is 3.48. The van der Waals surface area contributed by atoms with E-state index in [4.69, 9.17) is 11.6 Å². The van der Waals surface area contributed by atoms with Crippen LogP contribution in [-0.2, 0) is 6.18 Å². The Morgan fingerprint density at radius 3 is 2.39 bits per heavy atom. The van der Waals surface area contributed by atoms with Gasteiger partial charge in [-0.25, -0.2) is 9.97 Å². The van der Waals surface area contributed by atoms with Gasteiger partial charge in [-0.2, -0.15) is 13.2 Å². The predicted molar refractivity (Wildman–Crippen MR) is 64.8 cm³/mol. The molecule has 7 heteroatoms. The smallest absolute Gasteiger partial charge is 0.354 e. The minimum Gasteiger partial charge on any atom is -0.354 e. The fourth-order valence-corrected chi connectivity index (χ4v) is 1.80. The van der Waals surface area contributed by atoms with Crippen molar-refractivity contribution in [3.8, 4) is 0 Å². The summed E-state index contributed by atoms with van der Waals surface area (Å²) in [5.41, 5.74) is -1.01. The topological polar surface area (TPSA) is 29.0 Å². The molecule has 0 N–H and O–H groups in total. The van der Waals surface area contributed by atoms with Crippen LogP contribution in [-0.4, -0.2) is 22.6 Å². The summed E-state index contributed by atoms with van der Waals surface area (Å²) in [5.74, 6) is 0.208. The first kappa shape index (κ1) is 15.0. The molecule has 0 radical (unpaired) electrons. The number of nitrogens with zero attached hydrogens (tertiary/aromatic N) is 3. The first-order valence-electron chi connectivity index (χ1n) is 5.68. The fourth-order valence-electron chi connectivity index (χ4n) is 1.62. The lowest BCUT2D eigenvalue weighted by atomic mass is 10.2. The summed E-state index contributed by atoms with van der Waals surface area (Å²) in [4.78, 5) is 8.84.